The Kier molecular flexibility index (Phi) is 5.74. The van der Waals surface area contributed by atoms with Crippen molar-refractivity contribution in [3.05, 3.63) is 70.5 Å². The van der Waals surface area contributed by atoms with E-state index in [1.54, 1.807) is 35.7 Å². The minimum Gasteiger partial charge on any atom is -0.274 e. The van der Waals surface area contributed by atoms with Crippen LogP contribution in [0.25, 0.3) is 0 Å². The highest BCUT2D eigenvalue weighted by atomic mass is 32.2. The Morgan fingerprint density at radius 1 is 1.15 bits per heavy atom. The van der Waals surface area contributed by atoms with E-state index in [-0.39, 0.29) is 11.7 Å². The van der Waals surface area contributed by atoms with Gasteiger partial charge in [0, 0.05) is 23.0 Å². The maximum atomic E-state index is 13.0. The lowest BCUT2D eigenvalue weighted by Gasteiger charge is -2.19. The number of thiazole rings is 1. The molecule has 134 valence electrons. The van der Waals surface area contributed by atoms with E-state index < -0.39 is 0 Å². The molecule has 0 saturated carbocycles. The minimum absolute atomic E-state index is 0.0691. The molecule has 0 N–H and O–H groups in total. The fraction of sp³-hybridized carbons (Fsp3) is 0.200. The van der Waals surface area contributed by atoms with Crippen molar-refractivity contribution in [2.75, 3.05) is 4.90 Å². The van der Waals surface area contributed by atoms with Gasteiger partial charge in [-0.2, -0.15) is 0 Å². The van der Waals surface area contributed by atoms with Crippen LogP contribution in [0.2, 0.25) is 0 Å². The Hall–Kier alpha value is -2.18. The minimum atomic E-state index is -0.240. The van der Waals surface area contributed by atoms with Crippen LogP contribution in [0, 0.1) is 19.7 Å². The van der Waals surface area contributed by atoms with Crippen LogP contribution >= 0.6 is 23.1 Å². The fourth-order valence-electron chi connectivity index (χ4n) is 2.44. The van der Waals surface area contributed by atoms with Crippen molar-refractivity contribution in [2.45, 2.75) is 31.4 Å². The summed E-state index contributed by atoms with van der Waals surface area (Å²) in [6.45, 7) is 5.62. The first-order chi connectivity index (χ1) is 12.4. The first kappa shape index (κ1) is 18.6. The monoisotopic (exact) mass is 386 g/mol. The van der Waals surface area contributed by atoms with Gasteiger partial charge >= 0.3 is 0 Å². The SMILES string of the molecule is CC(=O)N(c1ccc(C)c(C)c1)c1nc(CSc2ccc(F)cc2)cs1. The number of aryl methyl sites for hydroxylation is 2. The zero-order valence-electron chi connectivity index (χ0n) is 14.8. The second kappa shape index (κ2) is 8.01. The molecule has 0 fully saturated rings. The molecule has 0 radical (unpaired) electrons. The van der Waals surface area contributed by atoms with E-state index in [0.717, 1.165) is 21.8 Å². The summed E-state index contributed by atoms with van der Waals surface area (Å²) >= 11 is 3.04. The Labute approximate surface area is 160 Å². The van der Waals surface area contributed by atoms with E-state index in [4.69, 9.17) is 0 Å². The average Bonchev–Trinajstić information content (AvgIpc) is 3.06. The predicted molar refractivity (Wildman–Crippen MR) is 107 cm³/mol. The normalized spacial score (nSPS) is 10.8. The molecule has 0 unspecified atom stereocenters. The molecule has 2 aromatic carbocycles. The average molecular weight is 387 g/mol. The van der Waals surface area contributed by atoms with Gasteiger partial charge in [0.25, 0.3) is 0 Å². The van der Waals surface area contributed by atoms with Gasteiger partial charge in [-0.3, -0.25) is 9.69 Å². The third-order valence-corrected chi connectivity index (χ3v) is 5.92. The summed E-state index contributed by atoms with van der Waals surface area (Å²) in [6, 6.07) is 12.4. The molecule has 1 aromatic heterocycles. The molecule has 3 aromatic rings. The van der Waals surface area contributed by atoms with Crippen molar-refractivity contribution in [3.8, 4) is 0 Å². The number of carbonyl (C=O) groups excluding carboxylic acids is 1. The molecule has 3 nitrogen and oxygen atoms in total. The predicted octanol–water partition coefficient (Wildman–Crippen LogP) is 5.88. The van der Waals surface area contributed by atoms with Gasteiger partial charge in [0.1, 0.15) is 5.82 Å². The highest BCUT2D eigenvalue weighted by molar-refractivity contribution is 7.98. The Bertz CT molecular complexity index is 922. The second-order valence-corrected chi connectivity index (χ2v) is 7.87. The fourth-order valence-corrected chi connectivity index (χ4v) is 4.23. The molecule has 0 aliphatic carbocycles. The topological polar surface area (TPSA) is 33.2 Å². The summed E-state index contributed by atoms with van der Waals surface area (Å²) in [7, 11) is 0. The lowest BCUT2D eigenvalue weighted by Crippen LogP contribution is -2.22. The molecular weight excluding hydrogens is 367 g/mol. The summed E-state index contributed by atoms with van der Waals surface area (Å²) in [6.07, 6.45) is 0. The van der Waals surface area contributed by atoms with Crippen molar-refractivity contribution in [2.24, 2.45) is 0 Å². The van der Waals surface area contributed by atoms with Crippen LogP contribution in [-0.4, -0.2) is 10.9 Å². The highest BCUT2D eigenvalue weighted by Gasteiger charge is 2.18. The van der Waals surface area contributed by atoms with E-state index in [0.29, 0.717) is 10.9 Å². The smallest absolute Gasteiger partial charge is 0.230 e. The molecular formula is C20H19FN2OS2. The maximum Gasteiger partial charge on any atom is 0.230 e. The number of halogens is 1. The standard InChI is InChI=1S/C20H19FN2OS2/c1-13-4-7-18(10-14(13)2)23(15(3)24)20-22-17(12-26-20)11-25-19-8-5-16(21)6-9-19/h4-10,12H,11H2,1-3H3. The molecule has 0 atom stereocenters. The number of anilines is 2. The number of hydrogen-bond donors (Lipinski definition) is 0. The number of benzene rings is 2. The van der Waals surface area contributed by atoms with Crippen molar-refractivity contribution in [3.63, 3.8) is 0 Å². The van der Waals surface area contributed by atoms with Crippen LogP contribution in [0.5, 0.6) is 0 Å². The highest BCUT2D eigenvalue weighted by Crippen LogP contribution is 2.32. The van der Waals surface area contributed by atoms with Gasteiger partial charge in [-0.05, 0) is 61.4 Å². The van der Waals surface area contributed by atoms with Gasteiger partial charge in [-0.15, -0.1) is 23.1 Å². The van der Waals surface area contributed by atoms with Gasteiger partial charge in [0.05, 0.1) is 11.4 Å². The van der Waals surface area contributed by atoms with Crippen molar-refractivity contribution >= 4 is 39.8 Å². The Morgan fingerprint density at radius 2 is 1.88 bits per heavy atom. The summed E-state index contributed by atoms with van der Waals surface area (Å²) in [5.41, 5.74) is 4.05. The number of nitrogens with zero attached hydrogens (tertiary/aromatic N) is 2. The summed E-state index contributed by atoms with van der Waals surface area (Å²) in [5, 5.41) is 2.62. The lowest BCUT2D eigenvalue weighted by atomic mass is 10.1. The van der Waals surface area contributed by atoms with E-state index >= 15 is 0 Å². The van der Waals surface area contributed by atoms with Gasteiger partial charge in [0.2, 0.25) is 5.91 Å². The summed E-state index contributed by atoms with van der Waals surface area (Å²) < 4.78 is 13.0. The zero-order chi connectivity index (χ0) is 18.7. The molecule has 0 aliphatic heterocycles. The largest absolute Gasteiger partial charge is 0.274 e. The van der Waals surface area contributed by atoms with Gasteiger partial charge in [-0.1, -0.05) is 6.07 Å². The number of rotatable bonds is 5. The van der Waals surface area contributed by atoms with Gasteiger partial charge in [-0.25, -0.2) is 9.37 Å². The van der Waals surface area contributed by atoms with Crippen LogP contribution in [0.1, 0.15) is 23.7 Å². The Balaban J connectivity index is 1.78. The van der Waals surface area contributed by atoms with Crippen LogP contribution in [0.15, 0.2) is 52.7 Å². The van der Waals surface area contributed by atoms with E-state index in [9.17, 15) is 9.18 Å². The molecule has 1 amide bonds. The van der Waals surface area contributed by atoms with E-state index in [1.165, 1.54) is 29.0 Å². The first-order valence-electron chi connectivity index (χ1n) is 8.15. The first-order valence-corrected chi connectivity index (χ1v) is 10.0. The number of amides is 1. The molecule has 0 spiro atoms. The molecule has 0 bridgehead atoms. The molecule has 1 heterocycles. The number of thioether (sulfide) groups is 1. The zero-order valence-corrected chi connectivity index (χ0v) is 16.5. The van der Waals surface area contributed by atoms with Crippen LogP contribution in [0.3, 0.4) is 0 Å². The van der Waals surface area contributed by atoms with Gasteiger partial charge < -0.3 is 0 Å². The lowest BCUT2D eigenvalue weighted by molar-refractivity contribution is -0.115. The quantitative estimate of drug-likeness (QED) is 0.514. The number of carbonyl (C=O) groups is 1. The van der Waals surface area contributed by atoms with Crippen LogP contribution in [0.4, 0.5) is 15.2 Å². The maximum absolute atomic E-state index is 13.0. The van der Waals surface area contributed by atoms with E-state index in [2.05, 4.69) is 4.98 Å². The number of aromatic nitrogens is 1. The molecule has 6 heteroatoms. The van der Waals surface area contributed by atoms with E-state index in [1.807, 2.05) is 37.4 Å². The van der Waals surface area contributed by atoms with Crippen molar-refractivity contribution in [1.29, 1.82) is 0 Å². The molecule has 0 saturated heterocycles. The summed E-state index contributed by atoms with van der Waals surface area (Å²) in [5.74, 6) is 0.358. The second-order valence-electron chi connectivity index (χ2n) is 5.99. The van der Waals surface area contributed by atoms with Gasteiger partial charge in [0.15, 0.2) is 5.13 Å². The van der Waals surface area contributed by atoms with Crippen molar-refractivity contribution < 1.29 is 9.18 Å². The molecule has 26 heavy (non-hydrogen) atoms. The van der Waals surface area contributed by atoms with Crippen molar-refractivity contribution in [1.82, 2.24) is 4.98 Å². The van der Waals surface area contributed by atoms with Crippen LogP contribution in [-0.2, 0) is 10.5 Å². The Morgan fingerprint density at radius 3 is 2.54 bits per heavy atom. The summed E-state index contributed by atoms with van der Waals surface area (Å²) in [4.78, 5) is 19.5. The van der Waals surface area contributed by atoms with Crippen LogP contribution < -0.4 is 4.90 Å². The molecule has 0 aliphatic rings. The number of hydrogen-bond acceptors (Lipinski definition) is 4. The third kappa shape index (κ3) is 4.31. The molecule has 3 rings (SSSR count). The third-order valence-electron chi connectivity index (χ3n) is 3.99.